The molecule has 1 heterocycles. The van der Waals surface area contributed by atoms with Gasteiger partial charge in [0.2, 0.25) is 0 Å². The highest BCUT2D eigenvalue weighted by molar-refractivity contribution is 8.14. The number of hydrogen-bond acceptors (Lipinski definition) is 3. The normalized spacial score (nSPS) is 19.0. The number of nitrogens with zero attached hydrogens (tertiary/aromatic N) is 2. The molecule has 1 aliphatic heterocycles. The van der Waals surface area contributed by atoms with E-state index in [1.807, 2.05) is 36.1 Å². The molecule has 0 N–H and O–H groups in total. The molecule has 5 heteroatoms. The summed E-state index contributed by atoms with van der Waals surface area (Å²) in [6, 6.07) is 15.2. The summed E-state index contributed by atoms with van der Waals surface area (Å²) in [4.78, 5) is 19.5. The number of hydrogen-bond donors (Lipinski definition) is 0. The van der Waals surface area contributed by atoms with E-state index in [9.17, 15) is 4.79 Å². The SMILES string of the molecule is CC[C@H]1CSC(=Nc2cccc(C)c2)N1C(=O)c1cccc(Cl)c1. The first-order chi connectivity index (χ1) is 11.6. The highest BCUT2D eigenvalue weighted by Crippen LogP contribution is 2.30. The standard InChI is InChI=1S/C19H19ClN2OS/c1-3-17-12-24-19(21-16-9-4-6-13(2)10-16)22(17)18(23)14-7-5-8-15(20)11-14/h4-11,17H,3,12H2,1-2H3/t17-/m0/s1. The molecule has 124 valence electrons. The first-order valence-corrected chi connectivity index (χ1v) is 9.32. The van der Waals surface area contributed by atoms with Crippen LogP contribution in [0.1, 0.15) is 29.3 Å². The van der Waals surface area contributed by atoms with Gasteiger partial charge in [-0.05, 0) is 49.2 Å². The minimum atomic E-state index is -0.0410. The van der Waals surface area contributed by atoms with Crippen molar-refractivity contribution in [2.75, 3.05) is 5.75 Å². The number of carbonyl (C=O) groups is 1. The largest absolute Gasteiger partial charge is 0.283 e. The second kappa shape index (κ2) is 7.41. The Morgan fingerprint density at radius 3 is 2.79 bits per heavy atom. The van der Waals surface area contributed by atoms with Crippen molar-refractivity contribution in [1.29, 1.82) is 0 Å². The Bertz CT molecular complexity index is 790. The molecule has 2 aromatic rings. The van der Waals surface area contributed by atoms with Crippen LogP contribution in [0.15, 0.2) is 53.5 Å². The Morgan fingerprint density at radius 2 is 2.08 bits per heavy atom. The minimum Gasteiger partial charge on any atom is -0.283 e. The van der Waals surface area contributed by atoms with E-state index in [4.69, 9.17) is 16.6 Å². The van der Waals surface area contributed by atoms with Gasteiger partial charge in [-0.25, -0.2) is 4.99 Å². The first kappa shape index (κ1) is 17.1. The van der Waals surface area contributed by atoms with Gasteiger partial charge in [0.15, 0.2) is 5.17 Å². The van der Waals surface area contributed by atoms with E-state index in [0.717, 1.165) is 28.6 Å². The van der Waals surface area contributed by atoms with Crippen molar-refractivity contribution in [3.63, 3.8) is 0 Å². The van der Waals surface area contributed by atoms with Crippen LogP contribution in [0.2, 0.25) is 5.02 Å². The molecule has 0 aliphatic carbocycles. The van der Waals surface area contributed by atoms with Crippen LogP contribution in [-0.2, 0) is 0 Å². The highest BCUT2D eigenvalue weighted by atomic mass is 35.5. The molecule has 1 amide bonds. The molecule has 0 spiro atoms. The number of rotatable bonds is 3. The molecule has 0 bridgehead atoms. The van der Waals surface area contributed by atoms with Gasteiger partial charge in [0.05, 0.1) is 5.69 Å². The van der Waals surface area contributed by atoms with Crippen LogP contribution in [0.25, 0.3) is 0 Å². The lowest BCUT2D eigenvalue weighted by molar-refractivity contribution is 0.0819. The number of amides is 1. The van der Waals surface area contributed by atoms with Crippen LogP contribution in [0.5, 0.6) is 0 Å². The Kier molecular flexibility index (Phi) is 5.27. The van der Waals surface area contributed by atoms with Crippen molar-refractivity contribution < 1.29 is 4.79 Å². The minimum absolute atomic E-state index is 0.0410. The molecule has 0 aromatic heterocycles. The molecule has 0 saturated carbocycles. The maximum Gasteiger partial charge on any atom is 0.260 e. The Morgan fingerprint density at radius 1 is 1.29 bits per heavy atom. The predicted octanol–water partition coefficient (Wildman–Crippen LogP) is 5.30. The first-order valence-electron chi connectivity index (χ1n) is 7.95. The fourth-order valence-electron chi connectivity index (χ4n) is 2.68. The molecular weight excluding hydrogens is 340 g/mol. The fourth-order valence-corrected chi connectivity index (χ4v) is 4.14. The quantitative estimate of drug-likeness (QED) is 0.745. The van der Waals surface area contributed by atoms with Gasteiger partial charge in [0.25, 0.3) is 5.91 Å². The summed E-state index contributed by atoms with van der Waals surface area (Å²) in [5.74, 6) is 0.828. The molecule has 3 nitrogen and oxygen atoms in total. The maximum absolute atomic E-state index is 13.0. The summed E-state index contributed by atoms with van der Waals surface area (Å²) in [5, 5.41) is 1.33. The summed E-state index contributed by atoms with van der Waals surface area (Å²) in [6.45, 7) is 4.13. The zero-order chi connectivity index (χ0) is 17.1. The third-order valence-corrected chi connectivity index (χ3v) is 5.30. The maximum atomic E-state index is 13.0. The third kappa shape index (κ3) is 3.65. The van der Waals surface area contributed by atoms with Crippen molar-refractivity contribution in [3.8, 4) is 0 Å². The third-order valence-electron chi connectivity index (χ3n) is 3.96. The van der Waals surface area contributed by atoms with Gasteiger partial charge >= 0.3 is 0 Å². The number of benzene rings is 2. The van der Waals surface area contributed by atoms with E-state index in [2.05, 4.69) is 6.92 Å². The van der Waals surface area contributed by atoms with Crippen LogP contribution >= 0.6 is 23.4 Å². The molecule has 1 aliphatic rings. The number of amidine groups is 1. The topological polar surface area (TPSA) is 32.7 Å². The van der Waals surface area contributed by atoms with Crippen LogP contribution in [0.4, 0.5) is 5.69 Å². The number of carbonyl (C=O) groups excluding carboxylic acids is 1. The summed E-state index contributed by atoms with van der Waals surface area (Å²) < 4.78 is 0. The molecule has 3 rings (SSSR count). The molecule has 1 atom stereocenters. The van der Waals surface area contributed by atoms with Gasteiger partial charge in [0.1, 0.15) is 0 Å². The smallest absolute Gasteiger partial charge is 0.260 e. The molecule has 1 saturated heterocycles. The number of halogens is 1. The van der Waals surface area contributed by atoms with Crippen molar-refractivity contribution in [2.24, 2.45) is 4.99 Å². The fraction of sp³-hybridized carbons (Fsp3) is 0.263. The molecule has 1 fully saturated rings. The lowest BCUT2D eigenvalue weighted by atomic mass is 10.1. The average molecular weight is 359 g/mol. The Hall–Kier alpha value is -1.78. The molecular formula is C19H19ClN2OS. The van der Waals surface area contributed by atoms with Gasteiger partial charge < -0.3 is 0 Å². The molecule has 0 unspecified atom stereocenters. The number of aryl methyl sites for hydroxylation is 1. The van der Waals surface area contributed by atoms with E-state index in [1.54, 1.807) is 36.0 Å². The van der Waals surface area contributed by atoms with Gasteiger partial charge in [-0.1, -0.05) is 48.5 Å². The van der Waals surface area contributed by atoms with Crippen LogP contribution < -0.4 is 0 Å². The second-order valence-electron chi connectivity index (χ2n) is 5.79. The number of thioether (sulfide) groups is 1. The van der Waals surface area contributed by atoms with E-state index in [0.29, 0.717) is 10.6 Å². The van der Waals surface area contributed by atoms with E-state index in [-0.39, 0.29) is 11.9 Å². The summed E-state index contributed by atoms with van der Waals surface area (Å²) in [6.07, 6.45) is 0.895. The zero-order valence-corrected chi connectivity index (χ0v) is 15.3. The van der Waals surface area contributed by atoms with E-state index >= 15 is 0 Å². The highest BCUT2D eigenvalue weighted by Gasteiger charge is 2.34. The van der Waals surface area contributed by atoms with Gasteiger partial charge in [0, 0.05) is 22.4 Å². The van der Waals surface area contributed by atoms with Crippen LogP contribution in [0.3, 0.4) is 0 Å². The van der Waals surface area contributed by atoms with Gasteiger partial charge in [-0.2, -0.15) is 0 Å². The molecule has 2 aromatic carbocycles. The average Bonchev–Trinajstić information content (AvgIpc) is 2.97. The summed E-state index contributed by atoms with van der Waals surface area (Å²) in [5.41, 5.74) is 2.62. The number of aliphatic imine (C=N–C) groups is 1. The lowest BCUT2D eigenvalue weighted by Crippen LogP contribution is -2.39. The Balaban J connectivity index is 1.96. The summed E-state index contributed by atoms with van der Waals surface area (Å²) >= 11 is 7.68. The molecule has 0 radical (unpaired) electrons. The monoisotopic (exact) mass is 358 g/mol. The second-order valence-corrected chi connectivity index (χ2v) is 7.22. The van der Waals surface area contributed by atoms with Crippen molar-refractivity contribution >= 4 is 40.1 Å². The van der Waals surface area contributed by atoms with Gasteiger partial charge in [-0.3, -0.25) is 9.69 Å². The van der Waals surface area contributed by atoms with E-state index in [1.165, 1.54) is 0 Å². The van der Waals surface area contributed by atoms with Crippen molar-refractivity contribution in [2.45, 2.75) is 26.3 Å². The van der Waals surface area contributed by atoms with Crippen LogP contribution in [-0.4, -0.2) is 27.8 Å². The molecule has 24 heavy (non-hydrogen) atoms. The van der Waals surface area contributed by atoms with Crippen LogP contribution in [0, 0.1) is 6.92 Å². The summed E-state index contributed by atoms with van der Waals surface area (Å²) in [7, 11) is 0. The zero-order valence-electron chi connectivity index (χ0n) is 13.7. The lowest BCUT2D eigenvalue weighted by Gasteiger charge is -2.23. The van der Waals surface area contributed by atoms with Gasteiger partial charge in [-0.15, -0.1) is 0 Å². The van der Waals surface area contributed by atoms with Crippen molar-refractivity contribution in [3.05, 3.63) is 64.7 Å². The predicted molar refractivity (Wildman–Crippen MR) is 102 cm³/mol. The Labute approximate surface area is 151 Å². The van der Waals surface area contributed by atoms with Crippen molar-refractivity contribution in [1.82, 2.24) is 4.90 Å². The van der Waals surface area contributed by atoms with E-state index < -0.39 is 0 Å².